The van der Waals surface area contributed by atoms with Crippen molar-refractivity contribution >= 4 is 22.9 Å². The van der Waals surface area contributed by atoms with Gasteiger partial charge in [-0.1, -0.05) is 23.7 Å². The van der Waals surface area contributed by atoms with Crippen molar-refractivity contribution in [2.75, 3.05) is 6.54 Å². The summed E-state index contributed by atoms with van der Waals surface area (Å²) in [5.74, 6) is 0. The molecule has 90 valence electrons. The molecule has 1 aromatic carbocycles. The van der Waals surface area contributed by atoms with Crippen LogP contribution >= 0.6 is 22.9 Å². The third kappa shape index (κ3) is 4.11. The van der Waals surface area contributed by atoms with Gasteiger partial charge in [0.2, 0.25) is 0 Å². The highest BCUT2D eigenvalue weighted by Crippen LogP contribution is 2.10. The fourth-order valence-electron chi connectivity index (χ4n) is 1.57. The molecule has 1 N–H and O–H groups in total. The van der Waals surface area contributed by atoms with Gasteiger partial charge in [-0.05, 0) is 24.6 Å². The minimum absolute atomic E-state index is 0.784. The second kappa shape index (κ2) is 6.15. The van der Waals surface area contributed by atoms with Crippen molar-refractivity contribution in [3.8, 4) is 0 Å². The molecule has 0 atom stereocenters. The van der Waals surface area contributed by atoms with Crippen molar-refractivity contribution in [3.05, 3.63) is 50.9 Å². The van der Waals surface area contributed by atoms with Crippen molar-refractivity contribution in [3.63, 3.8) is 0 Å². The highest BCUT2D eigenvalue weighted by atomic mass is 35.5. The van der Waals surface area contributed by atoms with Gasteiger partial charge >= 0.3 is 0 Å². The molecule has 4 heteroatoms. The Morgan fingerprint density at radius 3 is 2.71 bits per heavy atom. The van der Waals surface area contributed by atoms with E-state index in [1.165, 1.54) is 11.3 Å². The van der Waals surface area contributed by atoms with E-state index in [9.17, 15) is 0 Å². The Balaban J connectivity index is 1.71. The lowest BCUT2D eigenvalue weighted by Crippen LogP contribution is -2.16. The Morgan fingerprint density at radius 2 is 2.06 bits per heavy atom. The summed E-state index contributed by atoms with van der Waals surface area (Å²) in [6, 6.07) is 7.93. The number of hydrogen-bond acceptors (Lipinski definition) is 3. The predicted octanol–water partition coefficient (Wildman–Crippen LogP) is 3.44. The van der Waals surface area contributed by atoms with Crippen molar-refractivity contribution in [2.24, 2.45) is 0 Å². The molecule has 17 heavy (non-hydrogen) atoms. The van der Waals surface area contributed by atoms with Gasteiger partial charge in [-0.3, -0.25) is 0 Å². The van der Waals surface area contributed by atoms with Crippen LogP contribution in [0.4, 0.5) is 0 Å². The molecule has 2 rings (SSSR count). The van der Waals surface area contributed by atoms with Crippen LogP contribution in [0, 0.1) is 6.92 Å². The van der Waals surface area contributed by atoms with Crippen LogP contribution in [0.1, 0.15) is 16.3 Å². The number of thiazole rings is 1. The zero-order valence-corrected chi connectivity index (χ0v) is 11.3. The van der Waals surface area contributed by atoms with Gasteiger partial charge in [-0.15, -0.1) is 11.3 Å². The van der Waals surface area contributed by atoms with E-state index in [2.05, 4.69) is 15.7 Å². The molecule has 0 unspecified atom stereocenters. The third-order valence-electron chi connectivity index (χ3n) is 2.47. The van der Waals surface area contributed by atoms with E-state index in [1.54, 1.807) is 11.3 Å². The molecule has 1 heterocycles. The van der Waals surface area contributed by atoms with Gasteiger partial charge in [-0.25, -0.2) is 4.98 Å². The van der Waals surface area contributed by atoms with Crippen LogP contribution in [-0.4, -0.2) is 11.5 Å². The van der Waals surface area contributed by atoms with Crippen molar-refractivity contribution in [1.29, 1.82) is 0 Å². The molecule has 0 fully saturated rings. The van der Waals surface area contributed by atoms with E-state index in [1.807, 2.05) is 31.2 Å². The second-order valence-electron chi connectivity index (χ2n) is 3.91. The number of aromatic nitrogens is 1. The molecule has 0 amide bonds. The second-order valence-corrected chi connectivity index (χ2v) is 5.41. The molecule has 0 radical (unpaired) electrons. The van der Waals surface area contributed by atoms with Gasteiger partial charge in [-0.2, -0.15) is 0 Å². The molecule has 2 aromatic rings. The minimum atomic E-state index is 0.784. The summed E-state index contributed by atoms with van der Waals surface area (Å²) in [7, 11) is 0. The third-order valence-corrected chi connectivity index (χ3v) is 3.54. The van der Waals surface area contributed by atoms with Gasteiger partial charge in [0, 0.05) is 29.9 Å². The first-order valence-electron chi connectivity index (χ1n) is 5.60. The Hall–Kier alpha value is -0.900. The van der Waals surface area contributed by atoms with Crippen LogP contribution in [-0.2, 0) is 13.0 Å². The van der Waals surface area contributed by atoms with E-state index >= 15 is 0 Å². The Bertz CT molecular complexity index is 465. The maximum absolute atomic E-state index is 5.83. The lowest BCUT2D eigenvalue weighted by Gasteiger charge is -2.03. The number of benzene rings is 1. The summed E-state index contributed by atoms with van der Waals surface area (Å²) >= 11 is 7.53. The maximum atomic E-state index is 5.83. The topological polar surface area (TPSA) is 24.9 Å². The number of halogens is 1. The van der Waals surface area contributed by atoms with Gasteiger partial charge in [0.05, 0.1) is 10.7 Å². The van der Waals surface area contributed by atoms with Gasteiger partial charge < -0.3 is 5.32 Å². The van der Waals surface area contributed by atoms with E-state index < -0.39 is 0 Å². The van der Waals surface area contributed by atoms with Crippen molar-refractivity contribution in [1.82, 2.24) is 10.3 Å². The first-order valence-corrected chi connectivity index (χ1v) is 6.86. The highest BCUT2D eigenvalue weighted by molar-refractivity contribution is 7.09. The normalized spacial score (nSPS) is 10.7. The Kier molecular flexibility index (Phi) is 4.54. The van der Waals surface area contributed by atoms with Gasteiger partial charge in [0.25, 0.3) is 0 Å². The SMILES string of the molecule is Cc1nc(CCNCc2ccc(Cl)cc2)cs1. The first kappa shape index (κ1) is 12.6. The average Bonchev–Trinajstić information content (AvgIpc) is 2.73. The predicted molar refractivity (Wildman–Crippen MR) is 73.7 cm³/mol. The number of nitrogens with zero attached hydrogens (tertiary/aromatic N) is 1. The Labute approximate surface area is 111 Å². The lowest BCUT2D eigenvalue weighted by atomic mass is 10.2. The monoisotopic (exact) mass is 266 g/mol. The molecule has 0 aliphatic heterocycles. The van der Waals surface area contributed by atoms with Crippen LogP contribution in [0.5, 0.6) is 0 Å². The number of aryl methyl sites for hydroxylation is 1. The molecule has 0 aliphatic rings. The molecular formula is C13H15ClN2S. The fraction of sp³-hybridized carbons (Fsp3) is 0.308. The van der Waals surface area contributed by atoms with E-state index in [4.69, 9.17) is 11.6 Å². The van der Waals surface area contributed by atoms with Crippen LogP contribution in [0.3, 0.4) is 0 Å². The van der Waals surface area contributed by atoms with Gasteiger partial charge in [0.15, 0.2) is 0 Å². The maximum Gasteiger partial charge on any atom is 0.0897 e. The van der Waals surface area contributed by atoms with Gasteiger partial charge in [0.1, 0.15) is 0 Å². The summed E-state index contributed by atoms with van der Waals surface area (Å²) in [6.45, 7) is 3.86. The van der Waals surface area contributed by atoms with Crippen molar-refractivity contribution < 1.29 is 0 Å². The smallest absolute Gasteiger partial charge is 0.0897 e. The average molecular weight is 267 g/mol. The Morgan fingerprint density at radius 1 is 1.29 bits per heavy atom. The van der Waals surface area contributed by atoms with E-state index in [-0.39, 0.29) is 0 Å². The summed E-state index contributed by atoms with van der Waals surface area (Å²) in [4.78, 5) is 4.43. The van der Waals surface area contributed by atoms with Crippen molar-refractivity contribution in [2.45, 2.75) is 19.9 Å². The molecule has 0 bridgehead atoms. The van der Waals surface area contributed by atoms with Crippen LogP contribution < -0.4 is 5.32 Å². The lowest BCUT2D eigenvalue weighted by molar-refractivity contribution is 0.681. The van der Waals surface area contributed by atoms with E-state index in [0.717, 1.165) is 29.5 Å². The van der Waals surface area contributed by atoms with E-state index in [0.29, 0.717) is 0 Å². The number of hydrogen-bond donors (Lipinski definition) is 1. The summed E-state index contributed by atoms with van der Waals surface area (Å²) in [5, 5.41) is 7.45. The highest BCUT2D eigenvalue weighted by Gasteiger charge is 1.98. The molecule has 0 spiro atoms. The molecule has 1 aromatic heterocycles. The molecule has 0 saturated carbocycles. The number of nitrogens with one attached hydrogen (secondary N) is 1. The zero-order chi connectivity index (χ0) is 12.1. The van der Waals surface area contributed by atoms with Crippen LogP contribution in [0.25, 0.3) is 0 Å². The summed E-state index contributed by atoms with van der Waals surface area (Å²) in [6.07, 6.45) is 0.984. The van der Waals surface area contributed by atoms with Crippen LogP contribution in [0.15, 0.2) is 29.6 Å². The standard InChI is InChI=1S/C13H15ClN2S/c1-10-16-13(9-17-10)6-7-15-8-11-2-4-12(14)5-3-11/h2-5,9,15H,6-8H2,1H3. The first-order chi connectivity index (χ1) is 8.24. The fourth-order valence-corrected chi connectivity index (χ4v) is 2.35. The minimum Gasteiger partial charge on any atom is -0.312 e. The molecular weight excluding hydrogens is 252 g/mol. The zero-order valence-electron chi connectivity index (χ0n) is 9.74. The van der Waals surface area contributed by atoms with Crippen LogP contribution in [0.2, 0.25) is 5.02 Å². The molecule has 0 saturated heterocycles. The summed E-state index contributed by atoms with van der Waals surface area (Å²) in [5.41, 5.74) is 2.43. The molecule has 0 aliphatic carbocycles. The molecule has 2 nitrogen and oxygen atoms in total. The largest absolute Gasteiger partial charge is 0.312 e. The quantitative estimate of drug-likeness (QED) is 0.839. The summed E-state index contributed by atoms with van der Waals surface area (Å²) < 4.78 is 0. The number of rotatable bonds is 5.